The maximum atomic E-state index is 11.5. The van der Waals surface area contributed by atoms with Gasteiger partial charge < -0.3 is 5.32 Å². The summed E-state index contributed by atoms with van der Waals surface area (Å²) >= 11 is 0. The van der Waals surface area contributed by atoms with E-state index in [0.717, 1.165) is 12.8 Å². The lowest BCUT2D eigenvalue weighted by Crippen LogP contribution is -2.49. The minimum absolute atomic E-state index is 0.0629. The lowest BCUT2D eigenvalue weighted by molar-refractivity contribution is 0.405. The highest BCUT2D eigenvalue weighted by atomic mass is 32.2. The zero-order chi connectivity index (χ0) is 12.5. The van der Waals surface area contributed by atoms with Crippen LogP contribution in [0.3, 0.4) is 0 Å². The van der Waals surface area contributed by atoms with E-state index in [2.05, 4.69) is 5.32 Å². The highest BCUT2D eigenvalue weighted by Gasteiger charge is 2.30. The molecule has 0 aromatic heterocycles. The molecule has 2 rings (SSSR count). The third kappa shape index (κ3) is 3.93. The molecule has 17 heavy (non-hydrogen) atoms. The zero-order valence-corrected chi connectivity index (χ0v) is 11.4. The van der Waals surface area contributed by atoms with Crippen LogP contribution in [0.4, 0.5) is 0 Å². The number of rotatable bonds is 2. The summed E-state index contributed by atoms with van der Waals surface area (Å²) in [5, 5.41) is 3.21. The second-order valence-electron chi connectivity index (χ2n) is 5.07. The molecule has 100 valence electrons. The van der Waals surface area contributed by atoms with Gasteiger partial charge in [-0.1, -0.05) is 0 Å². The lowest BCUT2D eigenvalue weighted by atomic mass is 10.1. The van der Waals surface area contributed by atoms with Gasteiger partial charge in [-0.05, 0) is 25.7 Å². The molecule has 5 nitrogen and oxygen atoms in total. The van der Waals surface area contributed by atoms with Gasteiger partial charge in [-0.15, -0.1) is 0 Å². The van der Waals surface area contributed by atoms with E-state index in [-0.39, 0.29) is 35.1 Å². The Bertz CT molecular complexity index is 425. The van der Waals surface area contributed by atoms with E-state index in [1.165, 1.54) is 0 Å². The number of sulfone groups is 2. The average molecular weight is 281 g/mol. The van der Waals surface area contributed by atoms with Crippen molar-refractivity contribution < 1.29 is 16.8 Å². The van der Waals surface area contributed by atoms with Crippen molar-refractivity contribution in [3.8, 4) is 0 Å². The summed E-state index contributed by atoms with van der Waals surface area (Å²) < 4.78 is 45.9. The van der Waals surface area contributed by atoms with Crippen LogP contribution < -0.4 is 5.32 Å². The summed E-state index contributed by atoms with van der Waals surface area (Å²) in [5.41, 5.74) is 0. The molecule has 0 saturated carbocycles. The van der Waals surface area contributed by atoms with E-state index in [1.807, 2.05) is 0 Å². The van der Waals surface area contributed by atoms with Crippen LogP contribution in [0.25, 0.3) is 0 Å². The van der Waals surface area contributed by atoms with Crippen LogP contribution >= 0.6 is 0 Å². The standard InChI is InChI=1S/C10H19NO4S2/c12-16(13)5-1-3-9(7-16)11-10-4-2-6-17(14,15)8-10/h9-11H,1-8H2. The summed E-state index contributed by atoms with van der Waals surface area (Å²) in [4.78, 5) is 0. The molecule has 2 saturated heterocycles. The smallest absolute Gasteiger partial charge is 0.151 e. The number of hydrogen-bond acceptors (Lipinski definition) is 5. The van der Waals surface area contributed by atoms with E-state index in [1.54, 1.807) is 0 Å². The van der Waals surface area contributed by atoms with Gasteiger partial charge in [-0.3, -0.25) is 0 Å². The van der Waals surface area contributed by atoms with Gasteiger partial charge in [-0.25, -0.2) is 16.8 Å². The van der Waals surface area contributed by atoms with E-state index in [4.69, 9.17) is 0 Å². The van der Waals surface area contributed by atoms with Crippen LogP contribution in [0.5, 0.6) is 0 Å². The molecule has 2 unspecified atom stereocenters. The first-order chi connectivity index (χ1) is 7.86. The molecule has 0 spiro atoms. The summed E-state index contributed by atoms with van der Waals surface area (Å²) in [6.07, 6.45) is 3.02. The Kier molecular flexibility index (Phi) is 3.80. The van der Waals surface area contributed by atoms with Crippen molar-refractivity contribution >= 4 is 19.7 Å². The largest absolute Gasteiger partial charge is 0.309 e. The maximum Gasteiger partial charge on any atom is 0.151 e. The van der Waals surface area contributed by atoms with Crippen LogP contribution in [-0.2, 0) is 19.7 Å². The Labute approximate surface area is 103 Å². The van der Waals surface area contributed by atoms with Crippen LogP contribution in [-0.4, -0.2) is 51.9 Å². The highest BCUT2D eigenvalue weighted by Crippen LogP contribution is 2.17. The molecule has 0 aromatic rings. The lowest BCUT2D eigenvalue weighted by Gasteiger charge is -2.30. The van der Waals surface area contributed by atoms with Crippen LogP contribution in [0, 0.1) is 0 Å². The molecule has 2 heterocycles. The monoisotopic (exact) mass is 281 g/mol. The molecule has 1 N–H and O–H groups in total. The SMILES string of the molecule is O=S1(=O)CCCC(NC2CCCS(=O)(=O)C2)C1. The fourth-order valence-corrected chi connectivity index (χ4v) is 5.94. The molecule has 0 aliphatic carbocycles. The Balaban J connectivity index is 1.93. The zero-order valence-electron chi connectivity index (χ0n) is 9.76. The molecular formula is C10H19NO4S2. The molecule has 0 bridgehead atoms. The normalized spacial score (nSPS) is 36.5. The highest BCUT2D eigenvalue weighted by molar-refractivity contribution is 7.91. The van der Waals surface area contributed by atoms with Crippen LogP contribution in [0.1, 0.15) is 25.7 Å². The molecule has 2 fully saturated rings. The van der Waals surface area contributed by atoms with Crippen molar-refractivity contribution in [2.75, 3.05) is 23.0 Å². The molecule has 0 amide bonds. The second-order valence-corrected chi connectivity index (χ2v) is 9.53. The van der Waals surface area contributed by atoms with E-state index in [9.17, 15) is 16.8 Å². The minimum atomic E-state index is -2.92. The molecule has 2 aliphatic heterocycles. The van der Waals surface area contributed by atoms with Crippen LogP contribution in [0.15, 0.2) is 0 Å². The minimum Gasteiger partial charge on any atom is -0.309 e. The van der Waals surface area contributed by atoms with Gasteiger partial charge >= 0.3 is 0 Å². The van der Waals surface area contributed by atoms with Crippen LogP contribution in [0.2, 0.25) is 0 Å². The first-order valence-corrected chi connectivity index (χ1v) is 9.67. The Morgan fingerprint density at radius 2 is 1.18 bits per heavy atom. The fraction of sp³-hybridized carbons (Fsp3) is 1.00. The van der Waals surface area contributed by atoms with E-state index >= 15 is 0 Å². The van der Waals surface area contributed by atoms with Crippen molar-refractivity contribution in [2.24, 2.45) is 0 Å². The molecule has 0 aromatic carbocycles. The van der Waals surface area contributed by atoms with Gasteiger partial charge in [0.25, 0.3) is 0 Å². The number of hydrogen-bond donors (Lipinski definition) is 1. The molecule has 2 aliphatic rings. The van der Waals surface area contributed by atoms with Gasteiger partial charge in [0, 0.05) is 12.1 Å². The maximum absolute atomic E-state index is 11.5. The Morgan fingerprint density at radius 3 is 1.53 bits per heavy atom. The topological polar surface area (TPSA) is 80.3 Å². The quantitative estimate of drug-likeness (QED) is 0.753. The van der Waals surface area contributed by atoms with Crippen molar-refractivity contribution in [1.82, 2.24) is 5.32 Å². The molecule has 2 atom stereocenters. The van der Waals surface area contributed by atoms with E-state index in [0.29, 0.717) is 12.8 Å². The third-order valence-corrected chi connectivity index (χ3v) is 7.04. The first-order valence-electron chi connectivity index (χ1n) is 6.03. The van der Waals surface area contributed by atoms with Gasteiger partial charge in [-0.2, -0.15) is 0 Å². The van der Waals surface area contributed by atoms with E-state index < -0.39 is 19.7 Å². The fourth-order valence-electron chi connectivity index (χ4n) is 2.64. The predicted octanol–water partition coefficient (Wildman–Crippen LogP) is -0.270. The van der Waals surface area contributed by atoms with Crippen molar-refractivity contribution in [3.05, 3.63) is 0 Å². The Morgan fingerprint density at radius 1 is 0.765 bits per heavy atom. The summed E-state index contributed by atoms with van der Waals surface area (Å²) in [6.45, 7) is 0. The van der Waals surface area contributed by atoms with Gasteiger partial charge in [0.15, 0.2) is 19.7 Å². The molecular weight excluding hydrogens is 262 g/mol. The molecule has 7 heteroatoms. The van der Waals surface area contributed by atoms with Crippen molar-refractivity contribution in [2.45, 2.75) is 37.8 Å². The predicted molar refractivity (Wildman–Crippen MR) is 66.5 cm³/mol. The van der Waals surface area contributed by atoms with Gasteiger partial charge in [0.05, 0.1) is 23.0 Å². The first kappa shape index (κ1) is 13.3. The third-order valence-electron chi connectivity index (χ3n) is 3.40. The average Bonchev–Trinajstić information content (AvgIpc) is 2.13. The van der Waals surface area contributed by atoms with Crippen molar-refractivity contribution in [1.29, 1.82) is 0 Å². The van der Waals surface area contributed by atoms with Gasteiger partial charge in [0.2, 0.25) is 0 Å². The summed E-state index contributed by atoms with van der Waals surface area (Å²) in [5.74, 6) is 0.857. The summed E-state index contributed by atoms with van der Waals surface area (Å²) in [6, 6.07) is -0.126. The van der Waals surface area contributed by atoms with Gasteiger partial charge in [0.1, 0.15) is 0 Å². The molecule has 0 radical (unpaired) electrons. The Hall–Kier alpha value is -0.140. The second kappa shape index (κ2) is 4.85. The number of nitrogens with one attached hydrogen (secondary N) is 1. The van der Waals surface area contributed by atoms with Crippen molar-refractivity contribution in [3.63, 3.8) is 0 Å². The summed E-state index contributed by atoms with van der Waals surface area (Å²) in [7, 11) is -5.85.